The van der Waals surface area contributed by atoms with Gasteiger partial charge in [-0.15, -0.1) is 11.3 Å². The molecule has 0 amide bonds. The number of H-pyrrole nitrogens is 1. The van der Waals surface area contributed by atoms with Gasteiger partial charge in [0.1, 0.15) is 6.33 Å². The number of allylic oxidation sites excluding steroid dienone is 1. The van der Waals surface area contributed by atoms with Gasteiger partial charge >= 0.3 is 0 Å². The van der Waals surface area contributed by atoms with Crippen molar-refractivity contribution in [3.05, 3.63) is 75.5 Å². The first-order chi connectivity index (χ1) is 12.0. The lowest BCUT2D eigenvalue weighted by Gasteiger charge is -2.03. The van der Waals surface area contributed by atoms with E-state index >= 15 is 0 Å². The molecule has 2 aromatic heterocycles. The summed E-state index contributed by atoms with van der Waals surface area (Å²) in [6.07, 6.45) is 3.01. The molecule has 0 aliphatic carbocycles. The number of Topliss-reactive ketones (excluding diaryl/α,β-unsaturated/α-hetero) is 1. The molecule has 3 rings (SSSR count). The predicted octanol–water partition coefficient (Wildman–Crippen LogP) is 3.44. The van der Waals surface area contributed by atoms with E-state index in [-0.39, 0.29) is 23.2 Å². The monoisotopic (exact) mass is 353 g/mol. The normalized spacial score (nSPS) is 11.5. The average molecular weight is 353 g/mol. The summed E-state index contributed by atoms with van der Waals surface area (Å²) in [7, 11) is 0. The Morgan fingerprint density at radius 2 is 2.00 bits per heavy atom. The zero-order valence-corrected chi connectivity index (χ0v) is 14.2. The van der Waals surface area contributed by atoms with Gasteiger partial charge in [0.15, 0.2) is 17.3 Å². The highest BCUT2D eigenvalue weighted by atomic mass is 32.1. The lowest BCUT2D eigenvalue weighted by Crippen LogP contribution is -2.00. The first kappa shape index (κ1) is 16.8. The maximum atomic E-state index is 12.4. The second-order valence-electron chi connectivity index (χ2n) is 5.42. The largest absolute Gasteiger partial charge is 0.504 e. The molecule has 0 spiro atoms. The molecule has 3 aromatic rings. The van der Waals surface area contributed by atoms with E-state index in [0.717, 1.165) is 17.2 Å². The number of thiophene rings is 1. The van der Waals surface area contributed by atoms with Crippen LogP contribution >= 0.6 is 11.3 Å². The van der Waals surface area contributed by atoms with Crippen molar-refractivity contribution < 1.29 is 14.7 Å². The van der Waals surface area contributed by atoms with E-state index in [4.69, 9.17) is 0 Å². The SMILES string of the molecule is CC(=O)c1ccc(Cc2ccsc2C(=O)C=C(O)c2nc[nH]n2)cc1. The third-order valence-corrected chi connectivity index (χ3v) is 4.61. The fourth-order valence-electron chi connectivity index (χ4n) is 2.35. The van der Waals surface area contributed by atoms with E-state index in [1.54, 1.807) is 12.1 Å². The highest BCUT2D eigenvalue weighted by Crippen LogP contribution is 2.22. The zero-order valence-electron chi connectivity index (χ0n) is 13.4. The van der Waals surface area contributed by atoms with Crippen molar-refractivity contribution in [2.24, 2.45) is 0 Å². The Morgan fingerprint density at radius 1 is 1.24 bits per heavy atom. The minimum Gasteiger partial charge on any atom is -0.504 e. The van der Waals surface area contributed by atoms with Crippen molar-refractivity contribution in [3.8, 4) is 0 Å². The number of aliphatic hydroxyl groups excluding tert-OH is 1. The summed E-state index contributed by atoms with van der Waals surface area (Å²) >= 11 is 1.32. The Labute approximate surface area is 147 Å². The van der Waals surface area contributed by atoms with Gasteiger partial charge < -0.3 is 5.11 Å². The molecule has 6 nitrogen and oxygen atoms in total. The minimum atomic E-state index is -0.298. The molecule has 0 unspecified atom stereocenters. The fraction of sp³-hybridized carbons (Fsp3) is 0.111. The molecule has 0 radical (unpaired) electrons. The maximum Gasteiger partial charge on any atom is 0.215 e. The van der Waals surface area contributed by atoms with Crippen LogP contribution in [0.5, 0.6) is 0 Å². The number of rotatable bonds is 6. The number of aliphatic hydroxyl groups is 1. The molecule has 0 fully saturated rings. The molecule has 0 saturated carbocycles. The van der Waals surface area contributed by atoms with Gasteiger partial charge in [-0.05, 0) is 35.9 Å². The lowest BCUT2D eigenvalue weighted by atomic mass is 10.0. The van der Waals surface area contributed by atoms with Gasteiger partial charge in [-0.3, -0.25) is 14.7 Å². The van der Waals surface area contributed by atoms with Crippen LogP contribution in [0.3, 0.4) is 0 Å². The summed E-state index contributed by atoms with van der Waals surface area (Å²) in [4.78, 5) is 28.1. The zero-order chi connectivity index (χ0) is 17.8. The number of aromatic amines is 1. The summed E-state index contributed by atoms with van der Waals surface area (Å²) in [6.45, 7) is 1.53. The molecule has 126 valence electrons. The molecular formula is C18H15N3O3S. The van der Waals surface area contributed by atoms with E-state index in [9.17, 15) is 14.7 Å². The van der Waals surface area contributed by atoms with Gasteiger partial charge in [0.25, 0.3) is 0 Å². The van der Waals surface area contributed by atoms with Gasteiger partial charge in [-0.2, -0.15) is 5.10 Å². The molecule has 1 aromatic carbocycles. The number of benzene rings is 1. The average Bonchev–Trinajstić information content (AvgIpc) is 3.27. The van der Waals surface area contributed by atoms with Crippen LogP contribution in [0.1, 0.15) is 43.9 Å². The van der Waals surface area contributed by atoms with E-state index in [0.29, 0.717) is 16.9 Å². The molecule has 0 saturated heterocycles. The van der Waals surface area contributed by atoms with Crippen molar-refractivity contribution >= 4 is 28.7 Å². The van der Waals surface area contributed by atoms with E-state index in [1.165, 1.54) is 24.6 Å². The molecular weight excluding hydrogens is 338 g/mol. The molecule has 2 heterocycles. The first-order valence-electron chi connectivity index (χ1n) is 7.52. The number of ketones is 2. The topological polar surface area (TPSA) is 95.9 Å². The number of aromatic nitrogens is 3. The van der Waals surface area contributed by atoms with Gasteiger partial charge in [-0.1, -0.05) is 24.3 Å². The highest BCUT2D eigenvalue weighted by Gasteiger charge is 2.14. The molecule has 0 aliphatic rings. The molecule has 0 aliphatic heterocycles. The Morgan fingerprint density at radius 3 is 2.64 bits per heavy atom. The molecule has 2 N–H and O–H groups in total. The van der Waals surface area contributed by atoms with E-state index in [2.05, 4.69) is 15.2 Å². The maximum absolute atomic E-state index is 12.4. The standard InChI is InChI=1S/C18H15N3O3S/c1-11(22)13-4-2-12(3-5-13)8-14-6-7-25-17(14)15(23)9-16(24)18-19-10-20-21-18/h2-7,9-10,24H,8H2,1H3,(H,19,20,21). The number of carbonyl (C=O) groups excluding carboxylic acids is 2. The van der Waals surface area contributed by atoms with Crippen molar-refractivity contribution in [3.63, 3.8) is 0 Å². The summed E-state index contributed by atoms with van der Waals surface area (Å²) < 4.78 is 0. The van der Waals surface area contributed by atoms with Crippen LogP contribution in [0.15, 0.2) is 48.1 Å². The number of carbonyl (C=O) groups is 2. The molecule has 25 heavy (non-hydrogen) atoms. The van der Waals surface area contributed by atoms with Crippen LogP contribution in [0.25, 0.3) is 5.76 Å². The summed E-state index contributed by atoms with van der Waals surface area (Å²) in [6, 6.07) is 9.20. The third-order valence-electron chi connectivity index (χ3n) is 3.64. The second kappa shape index (κ2) is 7.23. The van der Waals surface area contributed by atoms with Crippen LogP contribution in [-0.2, 0) is 6.42 Å². The summed E-state index contributed by atoms with van der Waals surface area (Å²) in [5, 5.41) is 18.0. The van der Waals surface area contributed by atoms with Crippen molar-refractivity contribution in [1.29, 1.82) is 0 Å². The Bertz CT molecular complexity index is 925. The molecule has 0 bridgehead atoms. The Hall–Kier alpha value is -3.06. The quantitative estimate of drug-likeness (QED) is 0.402. The fourth-order valence-corrected chi connectivity index (χ4v) is 3.19. The van der Waals surface area contributed by atoms with E-state index in [1.807, 2.05) is 23.6 Å². The molecule has 7 heteroatoms. The van der Waals surface area contributed by atoms with Crippen LogP contribution in [0.4, 0.5) is 0 Å². The second-order valence-corrected chi connectivity index (χ2v) is 6.34. The van der Waals surface area contributed by atoms with Crippen molar-refractivity contribution in [2.75, 3.05) is 0 Å². The number of hydrogen-bond donors (Lipinski definition) is 2. The van der Waals surface area contributed by atoms with Crippen molar-refractivity contribution in [2.45, 2.75) is 13.3 Å². The Kier molecular flexibility index (Phi) is 4.85. The summed E-state index contributed by atoms with van der Waals surface area (Å²) in [5.41, 5.74) is 2.52. The first-order valence-corrected chi connectivity index (χ1v) is 8.40. The van der Waals surface area contributed by atoms with Crippen LogP contribution in [0.2, 0.25) is 0 Å². The number of nitrogens with zero attached hydrogens (tertiary/aromatic N) is 2. The van der Waals surface area contributed by atoms with Crippen LogP contribution < -0.4 is 0 Å². The van der Waals surface area contributed by atoms with Gasteiger partial charge in [-0.25, -0.2) is 4.98 Å². The smallest absolute Gasteiger partial charge is 0.215 e. The number of hydrogen-bond acceptors (Lipinski definition) is 6. The lowest BCUT2D eigenvalue weighted by molar-refractivity contribution is 0.101. The van der Waals surface area contributed by atoms with Crippen LogP contribution in [0, 0.1) is 0 Å². The van der Waals surface area contributed by atoms with Crippen molar-refractivity contribution in [1.82, 2.24) is 15.2 Å². The third kappa shape index (κ3) is 3.89. The molecule has 0 atom stereocenters. The van der Waals surface area contributed by atoms with Gasteiger partial charge in [0, 0.05) is 11.6 Å². The summed E-state index contributed by atoms with van der Waals surface area (Å²) in [5.74, 6) is -0.485. The number of nitrogens with one attached hydrogen (secondary N) is 1. The van der Waals surface area contributed by atoms with Crippen LogP contribution in [-0.4, -0.2) is 31.9 Å². The Balaban J connectivity index is 1.79. The van der Waals surface area contributed by atoms with Gasteiger partial charge in [0.2, 0.25) is 5.82 Å². The van der Waals surface area contributed by atoms with E-state index < -0.39 is 0 Å². The van der Waals surface area contributed by atoms with Gasteiger partial charge in [0.05, 0.1) is 4.88 Å². The predicted molar refractivity (Wildman–Crippen MR) is 94.9 cm³/mol. The minimum absolute atomic E-state index is 0.0190. The highest BCUT2D eigenvalue weighted by molar-refractivity contribution is 7.12.